The first-order chi connectivity index (χ1) is 6.61. The number of hydrogen-bond acceptors (Lipinski definition) is 2. The molecule has 2 nitrogen and oxygen atoms in total. The summed E-state index contributed by atoms with van der Waals surface area (Å²) >= 11 is 0. The fourth-order valence-corrected chi connectivity index (χ4v) is 2.09. The average Bonchev–Trinajstić information content (AvgIpc) is 2.32. The zero-order valence-electron chi connectivity index (χ0n) is 10.00. The summed E-state index contributed by atoms with van der Waals surface area (Å²) in [5.41, 5.74) is 6.12. The van der Waals surface area contributed by atoms with Gasteiger partial charge in [-0.15, -0.1) is 0 Å². The van der Waals surface area contributed by atoms with E-state index >= 15 is 0 Å². The van der Waals surface area contributed by atoms with Crippen molar-refractivity contribution in [2.45, 2.75) is 58.5 Å². The predicted octanol–water partition coefficient (Wildman–Crippen LogP) is 2.23. The number of rotatable bonds is 3. The Labute approximate surface area is 88.8 Å². The Bertz CT molecular complexity index is 156. The summed E-state index contributed by atoms with van der Waals surface area (Å²) in [6.45, 7) is 9.11. The van der Waals surface area contributed by atoms with Gasteiger partial charge in [-0.2, -0.15) is 0 Å². The number of nitrogens with two attached hydrogens (primary N) is 1. The van der Waals surface area contributed by atoms with Gasteiger partial charge in [-0.3, -0.25) is 4.90 Å². The van der Waals surface area contributed by atoms with Crippen molar-refractivity contribution in [3.8, 4) is 0 Å². The lowest BCUT2D eigenvalue weighted by molar-refractivity contribution is 0.188. The molecule has 0 saturated carbocycles. The second kappa shape index (κ2) is 5.72. The second-order valence-corrected chi connectivity index (χ2v) is 5.10. The zero-order chi connectivity index (χ0) is 10.6. The molecule has 0 radical (unpaired) electrons. The molecular weight excluding hydrogens is 172 g/mol. The summed E-state index contributed by atoms with van der Waals surface area (Å²) < 4.78 is 0. The van der Waals surface area contributed by atoms with Gasteiger partial charge in [-0.25, -0.2) is 0 Å². The number of nitrogens with zero attached hydrogens (tertiary/aromatic N) is 1. The maximum absolute atomic E-state index is 6.12. The van der Waals surface area contributed by atoms with E-state index in [9.17, 15) is 0 Å². The minimum atomic E-state index is 0.343. The molecule has 1 rings (SSSR count). The molecule has 2 heteroatoms. The highest BCUT2D eigenvalue weighted by atomic mass is 15.2. The summed E-state index contributed by atoms with van der Waals surface area (Å²) in [5.74, 6) is 0.602. The predicted molar refractivity (Wildman–Crippen MR) is 62.3 cm³/mol. The van der Waals surface area contributed by atoms with Crippen molar-refractivity contribution >= 4 is 0 Å². The Morgan fingerprint density at radius 1 is 1.29 bits per heavy atom. The van der Waals surface area contributed by atoms with Gasteiger partial charge in [0.2, 0.25) is 0 Å². The zero-order valence-corrected chi connectivity index (χ0v) is 10.00. The van der Waals surface area contributed by atoms with Crippen LogP contribution in [0.15, 0.2) is 0 Å². The lowest BCUT2D eigenvalue weighted by Crippen LogP contribution is -2.44. The van der Waals surface area contributed by atoms with Gasteiger partial charge < -0.3 is 5.73 Å². The maximum Gasteiger partial charge on any atom is 0.0191 e. The highest BCUT2D eigenvalue weighted by molar-refractivity contribution is 4.77. The molecule has 1 saturated heterocycles. The van der Waals surface area contributed by atoms with E-state index in [-0.39, 0.29) is 0 Å². The first-order valence-electron chi connectivity index (χ1n) is 6.11. The van der Waals surface area contributed by atoms with E-state index in [1.165, 1.54) is 32.2 Å². The third-order valence-corrected chi connectivity index (χ3v) is 3.49. The van der Waals surface area contributed by atoms with E-state index in [2.05, 4.69) is 25.7 Å². The van der Waals surface area contributed by atoms with Crippen LogP contribution in [0, 0.1) is 5.92 Å². The van der Waals surface area contributed by atoms with Crippen LogP contribution in [-0.2, 0) is 0 Å². The van der Waals surface area contributed by atoms with Crippen molar-refractivity contribution in [3.05, 3.63) is 0 Å². The van der Waals surface area contributed by atoms with Crippen molar-refractivity contribution < 1.29 is 0 Å². The van der Waals surface area contributed by atoms with Crippen LogP contribution in [-0.4, -0.2) is 30.1 Å². The van der Waals surface area contributed by atoms with Crippen LogP contribution < -0.4 is 5.73 Å². The first kappa shape index (κ1) is 12.0. The monoisotopic (exact) mass is 198 g/mol. The van der Waals surface area contributed by atoms with E-state index in [0.717, 1.165) is 12.6 Å². The highest BCUT2D eigenvalue weighted by Crippen LogP contribution is 2.17. The Morgan fingerprint density at radius 3 is 2.64 bits per heavy atom. The SMILES string of the molecule is CC(C)[C@@H](N)CN1CCCCCC1C. The first-order valence-corrected chi connectivity index (χ1v) is 6.11. The van der Waals surface area contributed by atoms with Gasteiger partial charge in [-0.1, -0.05) is 26.7 Å². The Morgan fingerprint density at radius 2 is 2.00 bits per heavy atom. The van der Waals surface area contributed by atoms with Crippen LogP contribution in [0.25, 0.3) is 0 Å². The standard InChI is InChI=1S/C12H26N2/c1-10(2)12(13)9-14-8-6-4-5-7-11(14)3/h10-12H,4-9,13H2,1-3H3/t11?,12-/m0/s1. The molecule has 0 amide bonds. The van der Waals surface area contributed by atoms with E-state index in [4.69, 9.17) is 5.73 Å². The van der Waals surface area contributed by atoms with E-state index < -0.39 is 0 Å². The molecule has 1 unspecified atom stereocenters. The normalized spacial score (nSPS) is 27.6. The fourth-order valence-electron chi connectivity index (χ4n) is 2.09. The largest absolute Gasteiger partial charge is 0.326 e. The van der Waals surface area contributed by atoms with Gasteiger partial charge in [0.05, 0.1) is 0 Å². The van der Waals surface area contributed by atoms with Gasteiger partial charge in [0.15, 0.2) is 0 Å². The third-order valence-electron chi connectivity index (χ3n) is 3.49. The van der Waals surface area contributed by atoms with Gasteiger partial charge in [-0.05, 0) is 32.2 Å². The molecule has 0 aliphatic carbocycles. The third kappa shape index (κ3) is 3.58. The number of likely N-dealkylation sites (tertiary alicyclic amines) is 1. The molecular formula is C12H26N2. The van der Waals surface area contributed by atoms with Crippen LogP contribution in [0.4, 0.5) is 0 Å². The summed E-state index contributed by atoms with van der Waals surface area (Å²) in [4.78, 5) is 2.58. The molecule has 1 fully saturated rings. The van der Waals surface area contributed by atoms with Crippen molar-refractivity contribution in [2.75, 3.05) is 13.1 Å². The van der Waals surface area contributed by atoms with Crippen LogP contribution in [0.5, 0.6) is 0 Å². The van der Waals surface area contributed by atoms with Crippen LogP contribution in [0.2, 0.25) is 0 Å². The summed E-state index contributed by atoms with van der Waals surface area (Å²) in [5, 5.41) is 0. The minimum absolute atomic E-state index is 0.343. The summed E-state index contributed by atoms with van der Waals surface area (Å²) in [7, 11) is 0. The number of hydrogen-bond donors (Lipinski definition) is 1. The van der Waals surface area contributed by atoms with Crippen LogP contribution >= 0.6 is 0 Å². The average molecular weight is 198 g/mol. The molecule has 1 aliphatic heterocycles. The molecule has 0 aromatic rings. The molecule has 1 aliphatic rings. The Kier molecular flexibility index (Phi) is 4.90. The van der Waals surface area contributed by atoms with Crippen molar-refractivity contribution in [1.82, 2.24) is 4.90 Å². The quantitative estimate of drug-likeness (QED) is 0.753. The van der Waals surface area contributed by atoms with E-state index in [0.29, 0.717) is 12.0 Å². The van der Waals surface area contributed by atoms with Crippen molar-refractivity contribution in [3.63, 3.8) is 0 Å². The lowest BCUT2D eigenvalue weighted by Gasteiger charge is -2.30. The smallest absolute Gasteiger partial charge is 0.0191 e. The van der Waals surface area contributed by atoms with Gasteiger partial charge in [0.25, 0.3) is 0 Å². The Balaban J connectivity index is 2.40. The highest BCUT2D eigenvalue weighted by Gasteiger charge is 2.19. The molecule has 14 heavy (non-hydrogen) atoms. The maximum atomic E-state index is 6.12. The van der Waals surface area contributed by atoms with Crippen LogP contribution in [0.1, 0.15) is 46.5 Å². The molecule has 2 atom stereocenters. The van der Waals surface area contributed by atoms with Crippen molar-refractivity contribution in [1.29, 1.82) is 0 Å². The van der Waals surface area contributed by atoms with E-state index in [1.54, 1.807) is 0 Å². The second-order valence-electron chi connectivity index (χ2n) is 5.10. The molecule has 2 N–H and O–H groups in total. The summed E-state index contributed by atoms with van der Waals surface area (Å²) in [6.07, 6.45) is 5.51. The summed E-state index contributed by atoms with van der Waals surface area (Å²) in [6, 6.07) is 1.08. The molecule has 0 bridgehead atoms. The van der Waals surface area contributed by atoms with E-state index in [1.807, 2.05) is 0 Å². The molecule has 0 aromatic heterocycles. The topological polar surface area (TPSA) is 29.3 Å². The van der Waals surface area contributed by atoms with Crippen LogP contribution in [0.3, 0.4) is 0 Å². The lowest BCUT2D eigenvalue weighted by atomic mass is 10.0. The Hall–Kier alpha value is -0.0800. The van der Waals surface area contributed by atoms with Gasteiger partial charge in [0, 0.05) is 18.6 Å². The molecule has 1 heterocycles. The molecule has 84 valence electrons. The van der Waals surface area contributed by atoms with Crippen molar-refractivity contribution in [2.24, 2.45) is 11.7 Å². The van der Waals surface area contributed by atoms with Gasteiger partial charge in [0.1, 0.15) is 0 Å². The molecule has 0 aromatic carbocycles. The van der Waals surface area contributed by atoms with Gasteiger partial charge >= 0.3 is 0 Å². The fraction of sp³-hybridized carbons (Fsp3) is 1.00. The minimum Gasteiger partial charge on any atom is -0.326 e. The molecule has 0 spiro atoms.